The summed E-state index contributed by atoms with van der Waals surface area (Å²) in [5.41, 5.74) is -1.13. The quantitative estimate of drug-likeness (QED) is 0.609. The van der Waals surface area contributed by atoms with E-state index < -0.39 is 32.0 Å². The third-order valence-corrected chi connectivity index (χ3v) is 2.38. The Kier molecular flexibility index (Phi) is 3.08. The van der Waals surface area contributed by atoms with Gasteiger partial charge in [0.15, 0.2) is 5.69 Å². The van der Waals surface area contributed by atoms with Crippen molar-refractivity contribution in [1.82, 2.24) is 9.78 Å². The first-order valence-electron chi connectivity index (χ1n) is 5.03. The molecule has 0 bridgehead atoms. The van der Waals surface area contributed by atoms with Crippen LogP contribution in [0.15, 0.2) is 30.5 Å². The van der Waals surface area contributed by atoms with Crippen molar-refractivity contribution in [3.8, 4) is 5.69 Å². The molecule has 1 aromatic carbocycles. The van der Waals surface area contributed by atoms with Crippen molar-refractivity contribution >= 4 is 17.2 Å². The molecular weight excluding hydrogens is 274 g/mol. The summed E-state index contributed by atoms with van der Waals surface area (Å²) < 4.78 is 0.917. The van der Waals surface area contributed by atoms with E-state index in [1.807, 2.05) is 0 Å². The van der Waals surface area contributed by atoms with E-state index in [1.165, 1.54) is 0 Å². The molecule has 102 valence electrons. The van der Waals surface area contributed by atoms with Gasteiger partial charge in [0.1, 0.15) is 0 Å². The fourth-order valence-electron chi connectivity index (χ4n) is 1.51. The Hall–Kier alpha value is -3.37. The van der Waals surface area contributed by atoms with E-state index in [4.69, 9.17) is 0 Å². The molecule has 0 radical (unpaired) electrons. The molecule has 0 aliphatic heterocycles. The van der Waals surface area contributed by atoms with E-state index >= 15 is 0 Å². The highest BCUT2D eigenvalue weighted by Crippen LogP contribution is 2.27. The summed E-state index contributed by atoms with van der Waals surface area (Å²) in [5, 5.41) is 35.6. The Morgan fingerprint density at radius 2 is 1.65 bits per heavy atom. The number of non-ortho nitro benzene ring substituents is 1. The Balaban J connectivity index is 2.57. The fourth-order valence-corrected chi connectivity index (χ4v) is 1.51. The van der Waals surface area contributed by atoms with Crippen LogP contribution in [0.1, 0.15) is 0 Å². The van der Waals surface area contributed by atoms with Crippen molar-refractivity contribution in [1.29, 1.82) is 0 Å². The molecule has 1 heterocycles. The van der Waals surface area contributed by atoms with Gasteiger partial charge in [0.05, 0.1) is 33.3 Å². The van der Waals surface area contributed by atoms with E-state index in [9.17, 15) is 30.3 Å². The predicted molar refractivity (Wildman–Crippen MR) is 63.5 cm³/mol. The molecule has 0 amide bonds. The molecule has 0 N–H and O–H groups in total. The van der Waals surface area contributed by atoms with Gasteiger partial charge in [-0.15, -0.1) is 4.68 Å². The van der Waals surface area contributed by atoms with Crippen LogP contribution in [0.2, 0.25) is 0 Å². The number of nitrogens with zero attached hydrogens (tertiary/aromatic N) is 5. The number of hydrogen-bond acceptors (Lipinski definition) is 7. The van der Waals surface area contributed by atoms with Crippen LogP contribution in [-0.4, -0.2) is 24.6 Å². The van der Waals surface area contributed by atoms with Crippen molar-refractivity contribution in [2.75, 3.05) is 0 Å². The Labute approximate surface area is 109 Å². The lowest BCUT2D eigenvalue weighted by Gasteiger charge is -1.99. The molecule has 2 rings (SSSR count). The van der Waals surface area contributed by atoms with Gasteiger partial charge in [-0.05, 0) is 11.0 Å². The first-order chi connectivity index (χ1) is 9.40. The van der Waals surface area contributed by atoms with Crippen LogP contribution < -0.4 is 0 Å². The summed E-state index contributed by atoms with van der Waals surface area (Å²) in [7, 11) is 0. The van der Waals surface area contributed by atoms with E-state index in [-0.39, 0.29) is 5.69 Å². The summed E-state index contributed by atoms with van der Waals surface area (Å²) >= 11 is 0. The smallest absolute Gasteiger partial charge is 0.358 e. The highest BCUT2D eigenvalue weighted by molar-refractivity contribution is 5.57. The monoisotopic (exact) mass is 279 g/mol. The number of rotatable bonds is 4. The highest BCUT2D eigenvalue weighted by atomic mass is 16.6. The second kappa shape index (κ2) is 4.72. The van der Waals surface area contributed by atoms with Gasteiger partial charge in [0.2, 0.25) is 0 Å². The molecule has 0 aliphatic rings. The second-order valence-electron chi connectivity index (χ2n) is 3.56. The van der Waals surface area contributed by atoms with E-state index in [2.05, 4.69) is 5.10 Å². The number of aromatic nitrogens is 2. The van der Waals surface area contributed by atoms with Crippen LogP contribution in [0.5, 0.6) is 0 Å². The summed E-state index contributed by atoms with van der Waals surface area (Å²) in [6.45, 7) is 0. The summed E-state index contributed by atoms with van der Waals surface area (Å²) in [6, 6.07) is 3.98. The van der Waals surface area contributed by atoms with Crippen LogP contribution >= 0.6 is 0 Å². The number of nitro groups is 3. The average molecular weight is 279 g/mol. The van der Waals surface area contributed by atoms with E-state index in [0.717, 1.165) is 35.1 Å². The van der Waals surface area contributed by atoms with Crippen LogP contribution in [0.25, 0.3) is 5.69 Å². The maximum absolute atomic E-state index is 10.9. The van der Waals surface area contributed by atoms with Crippen molar-refractivity contribution in [2.24, 2.45) is 0 Å². The van der Waals surface area contributed by atoms with E-state index in [1.54, 1.807) is 0 Å². The zero-order valence-corrected chi connectivity index (χ0v) is 9.57. The standard InChI is InChI=1S/C9H5N5O6/c15-12(16)6-1-2-7(8(5-6)13(17)18)11-4-3-9(10-11)14(19)20/h1-5H. The number of nitro benzene ring substituents is 2. The summed E-state index contributed by atoms with van der Waals surface area (Å²) in [6.07, 6.45) is 1.16. The molecule has 20 heavy (non-hydrogen) atoms. The lowest BCUT2D eigenvalue weighted by atomic mass is 10.2. The third-order valence-electron chi connectivity index (χ3n) is 2.38. The maximum Gasteiger partial charge on any atom is 0.390 e. The average Bonchev–Trinajstić information content (AvgIpc) is 2.87. The molecule has 0 saturated carbocycles. The summed E-state index contributed by atoms with van der Waals surface area (Å²) in [5.74, 6) is -0.488. The van der Waals surface area contributed by atoms with Gasteiger partial charge >= 0.3 is 11.5 Å². The first-order valence-corrected chi connectivity index (χ1v) is 5.03. The topological polar surface area (TPSA) is 147 Å². The lowest BCUT2D eigenvalue weighted by Crippen LogP contribution is -2.02. The zero-order chi connectivity index (χ0) is 14.9. The second-order valence-corrected chi connectivity index (χ2v) is 3.56. The van der Waals surface area contributed by atoms with Crippen molar-refractivity contribution in [3.05, 3.63) is 60.8 Å². The van der Waals surface area contributed by atoms with Crippen molar-refractivity contribution in [2.45, 2.75) is 0 Å². The molecule has 1 aromatic heterocycles. The minimum absolute atomic E-state index is 0.103. The minimum Gasteiger partial charge on any atom is -0.358 e. The van der Waals surface area contributed by atoms with E-state index in [0.29, 0.717) is 0 Å². The van der Waals surface area contributed by atoms with Gasteiger partial charge in [-0.1, -0.05) is 0 Å². The predicted octanol–water partition coefficient (Wildman–Crippen LogP) is 1.60. The van der Waals surface area contributed by atoms with Gasteiger partial charge < -0.3 is 10.1 Å². The molecule has 0 atom stereocenters. The molecule has 0 fully saturated rings. The van der Waals surface area contributed by atoms with Crippen molar-refractivity contribution < 1.29 is 14.8 Å². The SMILES string of the molecule is O=[N+]([O-])c1ccc(-n2ccc([N+](=O)[O-])n2)c([N+](=O)[O-])c1. The molecule has 0 saturated heterocycles. The molecule has 0 aliphatic carbocycles. The summed E-state index contributed by atoms with van der Waals surface area (Å²) in [4.78, 5) is 29.7. The van der Waals surface area contributed by atoms with Crippen molar-refractivity contribution in [3.63, 3.8) is 0 Å². The molecule has 0 unspecified atom stereocenters. The van der Waals surface area contributed by atoms with Crippen LogP contribution in [-0.2, 0) is 0 Å². The van der Waals surface area contributed by atoms with Gasteiger partial charge in [-0.2, -0.15) is 0 Å². The molecule has 11 nitrogen and oxygen atoms in total. The largest absolute Gasteiger partial charge is 0.390 e. The van der Waals surface area contributed by atoms with Gasteiger partial charge in [-0.3, -0.25) is 20.2 Å². The first kappa shape index (κ1) is 13.1. The fraction of sp³-hybridized carbons (Fsp3) is 0. The molecule has 2 aromatic rings. The molecule has 11 heteroatoms. The highest BCUT2D eigenvalue weighted by Gasteiger charge is 2.24. The van der Waals surface area contributed by atoms with Gasteiger partial charge in [-0.25, -0.2) is 0 Å². The minimum atomic E-state index is -0.824. The third kappa shape index (κ3) is 2.27. The zero-order valence-electron chi connectivity index (χ0n) is 9.57. The van der Waals surface area contributed by atoms with Gasteiger partial charge in [0, 0.05) is 6.07 Å². The Morgan fingerprint density at radius 1 is 0.950 bits per heavy atom. The number of hydrogen-bond donors (Lipinski definition) is 0. The van der Waals surface area contributed by atoms with Crippen LogP contribution in [0, 0.1) is 30.3 Å². The molecular formula is C9H5N5O6. The maximum atomic E-state index is 10.9. The lowest BCUT2D eigenvalue weighted by molar-refractivity contribution is -0.394. The number of benzene rings is 1. The van der Waals surface area contributed by atoms with Crippen LogP contribution in [0.4, 0.5) is 17.2 Å². The van der Waals surface area contributed by atoms with Gasteiger partial charge in [0.25, 0.3) is 5.69 Å². The normalized spacial score (nSPS) is 10.2. The van der Waals surface area contributed by atoms with Crippen LogP contribution in [0.3, 0.4) is 0 Å². The molecule has 0 spiro atoms. The Morgan fingerprint density at radius 3 is 2.15 bits per heavy atom. The Bertz CT molecular complexity index is 723.